The zero-order valence-corrected chi connectivity index (χ0v) is 8.41. The largest absolute Gasteiger partial charge is 0.433 e. The molecular formula is C10H11F3N2O. The first-order valence-corrected chi connectivity index (χ1v) is 4.94. The van der Waals surface area contributed by atoms with Crippen LogP contribution in [0, 0.1) is 0 Å². The van der Waals surface area contributed by atoms with E-state index >= 15 is 0 Å². The van der Waals surface area contributed by atoms with Gasteiger partial charge in [-0.15, -0.1) is 0 Å². The Morgan fingerprint density at radius 1 is 1.38 bits per heavy atom. The second-order valence-corrected chi connectivity index (χ2v) is 3.77. The minimum absolute atomic E-state index is 0.270. The molecule has 2 heterocycles. The lowest BCUT2D eigenvalue weighted by Gasteiger charge is -2.17. The quantitative estimate of drug-likeness (QED) is 0.800. The second kappa shape index (κ2) is 3.93. The molecule has 1 aliphatic rings. The molecule has 88 valence electrons. The van der Waals surface area contributed by atoms with Crippen molar-refractivity contribution in [2.75, 3.05) is 18.0 Å². The first kappa shape index (κ1) is 11.2. The first-order valence-electron chi connectivity index (χ1n) is 4.94. The monoisotopic (exact) mass is 232 g/mol. The number of pyridine rings is 1. The summed E-state index contributed by atoms with van der Waals surface area (Å²) in [6.07, 6.45) is -4.33. The third-order valence-corrected chi connectivity index (χ3v) is 2.51. The predicted molar refractivity (Wildman–Crippen MR) is 52.1 cm³/mol. The number of β-amino-alcohol motifs (C(OH)–C–C–N with tert-alkyl or cyclic N) is 1. The highest BCUT2D eigenvalue weighted by molar-refractivity contribution is 5.41. The van der Waals surface area contributed by atoms with E-state index in [0.717, 1.165) is 6.07 Å². The zero-order chi connectivity index (χ0) is 11.8. The molecule has 1 aliphatic heterocycles. The fourth-order valence-electron chi connectivity index (χ4n) is 1.71. The number of hydrogen-bond acceptors (Lipinski definition) is 3. The number of aromatic nitrogens is 1. The van der Waals surface area contributed by atoms with Crippen LogP contribution in [0.5, 0.6) is 0 Å². The number of alkyl halides is 3. The van der Waals surface area contributed by atoms with E-state index in [0.29, 0.717) is 19.5 Å². The van der Waals surface area contributed by atoms with Gasteiger partial charge in [-0.25, -0.2) is 4.98 Å². The third-order valence-electron chi connectivity index (χ3n) is 2.51. The molecule has 0 bridgehead atoms. The maximum atomic E-state index is 12.4. The van der Waals surface area contributed by atoms with Crippen molar-refractivity contribution in [1.82, 2.24) is 4.98 Å². The van der Waals surface area contributed by atoms with Crippen molar-refractivity contribution in [2.45, 2.75) is 18.7 Å². The summed E-state index contributed by atoms with van der Waals surface area (Å²) in [7, 11) is 0. The fraction of sp³-hybridized carbons (Fsp3) is 0.500. The number of nitrogens with zero attached hydrogens (tertiary/aromatic N) is 2. The molecular weight excluding hydrogens is 221 g/mol. The molecule has 6 heteroatoms. The molecule has 0 radical (unpaired) electrons. The Balaban J connectivity index is 2.23. The number of hydrogen-bond donors (Lipinski definition) is 1. The summed E-state index contributed by atoms with van der Waals surface area (Å²) in [6.45, 7) is 0.879. The van der Waals surface area contributed by atoms with Crippen LogP contribution in [0.15, 0.2) is 18.2 Å². The van der Waals surface area contributed by atoms with Gasteiger partial charge in [0.1, 0.15) is 11.5 Å². The van der Waals surface area contributed by atoms with Gasteiger partial charge >= 0.3 is 6.18 Å². The van der Waals surface area contributed by atoms with Crippen molar-refractivity contribution >= 4 is 5.82 Å². The van der Waals surface area contributed by atoms with E-state index in [1.807, 2.05) is 0 Å². The lowest BCUT2D eigenvalue weighted by molar-refractivity contribution is -0.141. The summed E-state index contributed by atoms with van der Waals surface area (Å²) in [5.41, 5.74) is -0.897. The summed E-state index contributed by atoms with van der Waals surface area (Å²) in [4.78, 5) is 5.20. The van der Waals surface area contributed by atoms with Crippen LogP contribution < -0.4 is 4.90 Å². The molecule has 1 saturated heterocycles. The zero-order valence-electron chi connectivity index (χ0n) is 8.41. The Morgan fingerprint density at radius 2 is 2.12 bits per heavy atom. The fourth-order valence-corrected chi connectivity index (χ4v) is 1.71. The average molecular weight is 232 g/mol. The van der Waals surface area contributed by atoms with Crippen LogP contribution in [-0.4, -0.2) is 29.3 Å². The van der Waals surface area contributed by atoms with E-state index in [4.69, 9.17) is 0 Å². The summed E-state index contributed by atoms with van der Waals surface area (Å²) < 4.78 is 37.2. The van der Waals surface area contributed by atoms with Crippen molar-refractivity contribution in [1.29, 1.82) is 0 Å². The summed E-state index contributed by atoms with van der Waals surface area (Å²) in [5.74, 6) is 0.270. The van der Waals surface area contributed by atoms with E-state index < -0.39 is 18.0 Å². The van der Waals surface area contributed by atoms with Crippen LogP contribution in [0.1, 0.15) is 12.1 Å². The number of halogens is 3. The molecule has 0 spiro atoms. The van der Waals surface area contributed by atoms with Gasteiger partial charge in [-0.1, -0.05) is 6.07 Å². The maximum Gasteiger partial charge on any atom is 0.433 e. The minimum Gasteiger partial charge on any atom is -0.391 e. The van der Waals surface area contributed by atoms with Gasteiger partial charge in [0.15, 0.2) is 0 Å². The molecule has 1 fully saturated rings. The first-order chi connectivity index (χ1) is 7.47. The SMILES string of the molecule is O[C@H]1CCN(c2cccc(C(F)(F)F)n2)C1. The highest BCUT2D eigenvalue weighted by Gasteiger charge is 2.33. The van der Waals surface area contributed by atoms with Crippen LogP contribution in [0.3, 0.4) is 0 Å². The van der Waals surface area contributed by atoms with Gasteiger partial charge in [-0.05, 0) is 18.6 Å². The third kappa shape index (κ3) is 2.27. The van der Waals surface area contributed by atoms with Crippen molar-refractivity contribution in [3.05, 3.63) is 23.9 Å². The van der Waals surface area contributed by atoms with Crippen LogP contribution in [0.4, 0.5) is 19.0 Å². The molecule has 1 N–H and O–H groups in total. The lowest BCUT2D eigenvalue weighted by Crippen LogP contribution is -2.23. The van der Waals surface area contributed by atoms with Gasteiger partial charge in [0.2, 0.25) is 0 Å². The van der Waals surface area contributed by atoms with Crippen molar-refractivity contribution in [3.63, 3.8) is 0 Å². The van der Waals surface area contributed by atoms with Gasteiger partial charge in [0, 0.05) is 13.1 Å². The maximum absolute atomic E-state index is 12.4. The van der Waals surface area contributed by atoms with Gasteiger partial charge < -0.3 is 10.0 Å². The lowest BCUT2D eigenvalue weighted by atomic mass is 10.3. The highest BCUT2D eigenvalue weighted by Crippen LogP contribution is 2.29. The molecule has 1 aromatic rings. The molecule has 1 atom stereocenters. The molecule has 3 nitrogen and oxygen atoms in total. The smallest absolute Gasteiger partial charge is 0.391 e. The van der Waals surface area contributed by atoms with Crippen molar-refractivity contribution in [2.24, 2.45) is 0 Å². The number of anilines is 1. The molecule has 0 unspecified atom stereocenters. The van der Waals surface area contributed by atoms with Gasteiger partial charge in [0.25, 0.3) is 0 Å². The van der Waals surface area contributed by atoms with Crippen LogP contribution in [0.2, 0.25) is 0 Å². The van der Waals surface area contributed by atoms with Gasteiger partial charge in [0.05, 0.1) is 6.10 Å². The Hall–Kier alpha value is -1.30. The standard InChI is InChI=1S/C10H11F3N2O/c11-10(12,13)8-2-1-3-9(14-8)15-5-4-7(16)6-15/h1-3,7,16H,4-6H2/t7-/m0/s1. The molecule has 0 aliphatic carbocycles. The number of aliphatic hydroxyl groups is 1. The molecule has 0 aromatic carbocycles. The molecule has 0 amide bonds. The molecule has 0 saturated carbocycles. The highest BCUT2D eigenvalue weighted by atomic mass is 19.4. The summed E-state index contributed by atoms with van der Waals surface area (Å²) in [5, 5.41) is 9.30. The van der Waals surface area contributed by atoms with Crippen molar-refractivity contribution < 1.29 is 18.3 Å². The Morgan fingerprint density at radius 3 is 2.69 bits per heavy atom. The minimum atomic E-state index is -4.42. The normalized spacial score (nSPS) is 21.5. The van der Waals surface area contributed by atoms with Crippen LogP contribution in [-0.2, 0) is 6.18 Å². The molecule has 2 rings (SSSR count). The van der Waals surface area contributed by atoms with Crippen LogP contribution >= 0.6 is 0 Å². The Bertz CT molecular complexity index is 381. The number of rotatable bonds is 1. The average Bonchev–Trinajstić information content (AvgIpc) is 2.64. The van der Waals surface area contributed by atoms with E-state index in [1.165, 1.54) is 12.1 Å². The van der Waals surface area contributed by atoms with E-state index in [1.54, 1.807) is 4.90 Å². The summed E-state index contributed by atoms with van der Waals surface area (Å²) in [6, 6.07) is 3.79. The topological polar surface area (TPSA) is 36.4 Å². The predicted octanol–water partition coefficient (Wildman–Crippen LogP) is 1.67. The van der Waals surface area contributed by atoms with Crippen molar-refractivity contribution in [3.8, 4) is 0 Å². The molecule has 1 aromatic heterocycles. The molecule has 16 heavy (non-hydrogen) atoms. The number of aliphatic hydroxyl groups excluding tert-OH is 1. The second-order valence-electron chi connectivity index (χ2n) is 3.77. The van der Waals surface area contributed by atoms with Gasteiger partial charge in [-0.3, -0.25) is 0 Å². The Labute approximate surface area is 90.5 Å². The van der Waals surface area contributed by atoms with E-state index in [2.05, 4.69) is 4.98 Å². The summed E-state index contributed by atoms with van der Waals surface area (Å²) >= 11 is 0. The van der Waals surface area contributed by atoms with E-state index in [-0.39, 0.29) is 5.82 Å². The van der Waals surface area contributed by atoms with Crippen LogP contribution in [0.25, 0.3) is 0 Å². The van der Waals surface area contributed by atoms with Gasteiger partial charge in [-0.2, -0.15) is 13.2 Å². The van der Waals surface area contributed by atoms with E-state index in [9.17, 15) is 18.3 Å². The Kier molecular flexibility index (Phi) is 2.75.